The quantitative estimate of drug-likeness (QED) is 0.697. The molecule has 0 bridgehead atoms. The Morgan fingerprint density at radius 1 is 1.17 bits per heavy atom. The molecule has 126 valence electrons. The van der Waals surface area contributed by atoms with Crippen LogP contribution in [0.1, 0.15) is 55.8 Å². The lowest BCUT2D eigenvalue weighted by atomic mass is 9.87. The van der Waals surface area contributed by atoms with E-state index in [0.717, 1.165) is 45.4 Å². The third-order valence-corrected chi connectivity index (χ3v) is 5.90. The first-order valence-corrected chi connectivity index (χ1v) is 9.80. The normalized spacial score (nSPS) is 24.1. The second-order valence-corrected chi connectivity index (χ2v) is 8.36. The van der Waals surface area contributed by atoms with E-state index in [1.54, 1.807) is 6.20 Å². The Labute approximate surface area is 151 Å². The second-order valence-electron chi connectivity index (χ2n) is 7.45. The summed E-state index contributed by atoms with van der Waals surface area (Å²) in [6.45, 7) is 2.33. The van der Waals surface area contributed by atoms with E-state index in [9.17, 15) is 4.79 Å². The number of aromatic nitrogens is 1. The van der Waals surface area contributed by atoms with Crippen molar-refractivity contribution in [3.63, 3.8) is 0 Å². The molecule has 2 aliphatic rings. The van der Waals surface area contributed by atoms with Gasteiger partial charge >= 0.3 is 0 Å². The zero-order chi connectivity index (χ0) is 16.7. The number of hydrogen-bond donors (Lipinski definition) is 1. The van der Waals surface area contributed by atoms with Crippen molar-refractivity contribution in [1.29, 1.82) is 0 Å². The molecule has 0 unspecified atom stereocenters. The number of Topliss-reactive ketones (excluding diaryl/α,β-unsaturated/α-hetero) is 1. The first-order valence-electron chi connectivity index (χ1n) is 9.01. The fraction of sp³-hybridized carbons (Fsp3) is 0.500. The Morgan fingerprint density at radius 2 is 1.92 bits per heavy atom. The zero-order valence-electron chi connectivity index (χ0n) is 14.0. The van der Waals surface area contributed by atoms with Crippen LogP contribution in [0.2, 0.25) is 0 Å². The largest absolute Gasteiger partial charge is 0.381 e. The number of carbonyl (C=O) groups is 1. The smallest absolute Gasteiger partial charge is 0.169 e. The standard InChI is InChI=1S/C20H23BrN2O/c1-12-2-7-15(8-3-12)23-19-16-10-14(21)6-9-18(16)22-11-17(19)20(24)13-4-5-13/h6,9-13,15H,2-5,7-8H2,1H3,(H,22,23)/t12-,15+. The van der Waals surface area contributed by atoms with Crippen molar-refractivity contribution in [3.8, 4) is 0 Å². The molecule has 0 aliphatic heterocycles. The van der Waals surface area contributed by atoms with Crippen LogP contribution in [0.25, 0.3) is 10.9 Å². The monoisotopic (exact) mass is 386 g/mol. The van der Waals surface area contributed by atoms with E-state index in [1.165, 1.54) is 25.7 Å². The van der Waals surface area contributed by atoms with E-state index in [1.807, 2.05) is 12.1 Å². The van der Waals surface area contributed by atoms with Gasteiger partial charge in [0, 0.05) is 28.0 Å². The van der Waals surface area contributed by atoms with Crippen molar-refractivity contribution in [2.75, 3.05) is 5.32 Å². The van der Waals surface area contributed by atoms with Gasteiger partial charge in [0.2, 0.25) is 0 Å². The van der Waals surface area contributed by atoms with Gasteiger partial charge in [0.15, 0.2) is 5.78 Å². The summed E-state index contributed by atoms with van der Waals surface area (Å²) in [7, 11) is 0. The number of rotatable bonds is 4. The van der Waals surface area contributed by atoms with Gasteiger partial charge in [-0.25, -0.2) is 0 Å². The highest BCUT2D eigenvalue weighted by atomic mass is 79.9. The van der Waals surface area contributed by atoms with Crippen molar-refractivity contribution in [1.82, 2.24) is 4.98 Å². The summed E-state index contributed by atoms with van der Waals surface area (Å²) >= 11 is 3.56. The van der Waals surface area contributed by atoms with Gasteiger partial charge < -0.3 is 5.32 Å². The fourth-order valence-corrected chi connectivity index (χ4v) is 4.04. The number of ketones is 1. The molecule has 3 nitrogen and oxygen atoms in total. The lowest BCUT2D eigenvalue weighted by Crippen LogP contribution is -2.26. The first-order chi connectivity index (χ1) is 11.6. The number of carbonyl (C=O) groups excluding carboxylic acids is 1. The molecular weight excluding hydrogens is 364 g/mol. The minimum absolute atomic E-state index is 0.211. The van der Waals surface area contributed by atoms with Crippen molar-refractivity contribution in [2.24, 2.45) is 11.8 Å². The molecule has 0 saturated heterocycles. The first kappa shape index (κ1) is 16.1. The molecule has 0 radical (unpaired) electrons. The molecule has 24 heavy (non-hydrogen) atoms. The van der Waals surface area contributed by atoms with Crippen molar-refractivity contribution in [3.05, 3.63) is 34.4 Å². The molecular formula is C20H23BrN2O. The van der Waals surface area contributed by atoms with Crippen LogP contribution >= 0.6 is 15.9 Å². The van der Waals surface area contributed by atoms with Gasteiger partial charge in [-0.15, -0.1) is 0 Å². The highest BCUT2D eigenvalue weighted by Crippen LogP contribution is 2.38. The minimum atomic E-state index is 0.211. The number of benzene rings is 1. The molecule has 1 heterocycles. The van der Waals surface area contributed by atoms with Crippen molar-refractivity contribution < 1.29 is 4.79 Å². The van der Waals surface area contributed by atoms with E-state index in [0.29, 0.717) is 6.04 Å². The maximum Gasteiger partial charge on any atom is 0.169 e. The van der Waals surface area contributed by atoms with Crippen LogP contribution in [0.15, 0.2) is 28.9 Å². The Hall–Kier alpha value is -1.42. The second kappa shape index (κ2) is 6.47. The van der Waals surface area contributed by atoms with Gasteiger partial charge in [-0.05, 0) is 62.6 Å². The van der Waals surface area contributed by atoms with E-state index in [2.05, 4.69) is 39.2 Å². The molecule has 4 heteroatoms. The summed E-state index contributed by atoms with van der Waals surface area (Å²) < 4.78 is 1.02. The predicted octanol–water partition coefficient (Wildman–Crippen LogP) is 5.58. The molecule has 2 saturated carbocycles. The van der Waals surface area contributed by atoms with Gasteiger partial charge in [0.1, 0.15) is 0 Å². The summed E-state index contributed by atoms with van der Waals surface area (Å²) in [5, 5.41) is 4.77. The molecule has 0 amide bonds. The van der Waals surface area contributed by atoms with E-state index < -0.39 is 0 Å². The van der Waals surface area contributed by atoms with Crippen molar-refractivity contribution in [2.45, 2.75) is 51.5 Å². The zero-order valence-corrected chi connectivity index (χ0v) is 15.6. The fourth-order valence-electron chi connectivity index (χ4n) is 3.68. The van der Waals surface area contributed by atoms with Gasteiger partial charge in [0.05, 0.1) is 16.8 Å². The van der Waals surface area contributed by atoms with Crippen LogP contribution < -0.4 is 5.32 Å². The SMILES string of the molecule is C[C@H]1CC[C@@H](Nc2c(C(=O)C3CC3)cnc3ccc(Br)cc23)CC1. The third kappa shape index (κ3) is 3.21. The molecule has 0 atom stereocenters. The Balaban J connectivity index is 1.75. The van der Waals surface area contributed by atoms with Crippen LogP contribution in [0.3, 0.4) is 0 Å². The summed E-state index contributed by atoms with van der Waals surface area (Å²) in [4.78, 5) is 17.3. The molecule has 2 fully saturated rings. The average Bonchev–Trinajstić information content (AvgIpc) is 3.42. The van der Waals surface area contributed by atoms with Crippen LogP contribution in [-0.2, 0) is 0 Å². The van der Waals surface area contributed by atoms with Crippen LogP contribution in [-0.4, -0.2) is 16.8 Å². The average molecular weight is 387 g/mol. The van der Waals surface area contributed by atoms with E-state index in [-0.39, 0.29) is 11.7 Å². The highest BCUT2D eigenvalue weighted by molar-refractivity contribution is 9.10. The minimum Gasteiger partial charge on any atom is -0.381 e. The van der Waals surface area contributed by atoms with Crippen molar-refractivity contribution >= 4 is 38.3 Å². The number of pyridine rings is 1. The van der Waals surface area contributed by atoms with Gasteiger partial charge in [-0.3, -0.25) is 9.78 Å². The Morgan fingerprint density at radius 3 is 2.62 bits per heavy atom. The molecule has 2 aliphatic carbocycles. The van der Waals surface area contributed by atoms with E-state index in [4.69, 9.17) is 0 Å². The summed E-state index contributed by atoms with van der Waals surface area (Å²) in [6, 6.07) is 6.55. The highest BCUT2D eigenvalue weighted by Gasteiger charge is 2.33. The molecule has 0 spiro atoms. The molecule has 1 aromatic heterocycles. The molecule has 4 rings (SSSR count). The number of hydrogen-bond acceptors (Lipinski definition) is 3. The van der Waals surface area contributed by atoms with Crippen LogP contribution in [0.4, 0.5) is 5.69 Å². The molecule has 2 aromatic rings. The molecule has 1 aromatic carbocycles. The summed E-state index contributed by atoms with van der Waals surface area (Å²) in [5.41, 5.74) is 2.72. The Kier molecular flexibility index (Phi) is 4.33. The van der Waals surface area contributed by atoms with E-state index >= 15 is 0 Å². The predicted molar refractivity (Wildman–Crippen MR) is 102 cm³/mol. The maximum atomic E-state index is 12.8. The number of anilines is 1. The number of halogens is 1. The van der Waals surface area contributed by atoms with Gasteiger partial charge in [0.25, 0.3) is 0 Å². The van der Waals surface area contributed by atoms with Gasteiger partial charge in [-0.2, -0.15) is 0 Å². The van der Waals surface area contributed by atoms with Crippen LogP contribution in [0, 0.1) is 11.8 Å². The Bertz CT molecular complexity index is 777. The maximum absolute atomic E-state index is 12.8. The van der Waals surface area contributed by atoms with Gasteiger partial charge in [-0.1, -0.05) is 22.9 Å². The number of fused-ring (bicyclic) bond motifs is 1. The summed E-state index contributed by atoms with van der Waals surface area (Å²) in [6.07, 6.45) is 8.70. The lowest BCUT2D eigenvalue weighted by Gasteiger charge is -2.29. The topological polar surface area (TPSA) is 42.0 Å². The third-order valence-electron chi connectivity index (χ3n) is 5.41. The number of nitrogens with one attached hydrogen (secondary N) is 1. The summed E-state index contributed by atoms with van der Waals surface area (Å²) in [5.74, 6) is 1.29. The molecule has 1 N–H and O–H groups in total. The number of nitrogens with zero attached hydrogens (tertiary/aromatic N) is 1. The lowest BCUT2D eigenvalue weighted by molar-refractivity contribution is 0.0968. The van der Waals surface area contributed by atoms with Crippen LogP contribution in [0.5, 0.6) is 0 Å².